The van der Waals surface area contributed by atoms with Crippen molar-refractivity contribution < 1.29 is 8.42 Å². The molecular weight excluding hydrogens is 414 g/mol. The van der Waals surface area contributed by atoms with Crippen molar-refractivity contribution in [3.8, 4) is 0 Å². The summed E-state index contributed by atoms with van der Waals surface area (Å²) in [6.07, 6.45) is 1.19. The zero-order valence-electron chi connectivity index (χ0n) is 17.1. The van der Waals surface area contributed by atoms with Crippen LogP contribution >= 0.6 is 11.9 Å². The van der Waals surface area contributed by atoms with Crippen LogP contribution in [0.1, 0.15) is 36.5 Å². The van der Waals surface area contributed by atoms with E-state index in [0.29, 0.717) is 27.8 Å². The highest BCUT2D eigenvalue weighted by molar-refractivity contribution is 8.01. The number of hydrogen-bond donors (Lipinski definition) is 3. The van der Waals surface area contributed by atoms with E-state index in [2.05, 4.69) is 18.6 Å². The lowest BCUT2D eigenvalue weighted by Gasteiger charge is -2.13. The molecule has 3 rings (SSSR count). The molecule has 5 nitrogen and oxygen atoms in total. The van der Waals surface area contributed by atoms with E-state index in [9.17, 15) is 8.42 Å². The van der Waals surface area contributed by atoms with Crippen LogP contribution in [0.15, 0.2) is 76.5 Å². The molecule has 0 aliphatic carbocycles. The summed E-state index contributed by atoms with van der Waals surface area (Å²) in [6.45, 7) is 4.26. The van der Waals surface area contributed by atoms with Crippen LogP contribution in [-0.2, 0) is 9.84 Å². The second-order valence-corrected chi connectivity index (χ2v) is 10.2. The van der Waals surface area contributed by atoms with Gasteiger partial charge in [-0.1, -0.05) is 50.2 Å². The van der Waals surface area contributed by atoms with Crippen LogP contribution in [0.25, 0.3) is 0 Å². The molecule has 0 saturated heterocycles. The molecule has 7 heteroatoms. The number of rotatable bonds is 7. The normalized spacial score (nSPS) is 11.5. The van der Waals surface area contributed by atoms with Gasteiger partial charge in [-0.15, -0.1) is 0 Å². The first-order chi connectivity index (χ1) is 14.2. The minimum atomic E-state index is -3.33. The van der Waals surface area contributed by atoms with Crippen LogP contribution in [0.3, 0.4) is 0 Å². The SMILES string of the molecule is CC(C)c1ccc(C(=N)c2cc(NSc3ccccc3S(C)(=O)=O)ccc2N)cc1. The van der Waals surface area contributed by atoms with Crippen LogP contribution in [0.2, 0.25) is 0 Å². The van der Waals surface area contributed by atoms with E-state index in [1.807, 2.05) is 36.4 Å². The Balaban J connectivity index is 1.83. The highest BCUT2D eigenvalue weighted by Crippen LogP contribution is 2.29. The van der Waals surface area contributed by atoms with Crippen molar-refractivity contribution in [3.63, 3.8) is 0 Å². The Kier molecular flexibility index (Phi) is 6.53. The quantitative estimate of drug-likeness (QED) is 0.263. The summed E-state index contributed by atoms with van der Waals surface area (Å²) >= 11 is 1.21. The van der Waals surface area contributed by atoms with Gasteiger partial charge in [0.05, 0.1) is 10.6 Å². The Morgan fingerprint density at radius 2 is 1.70 bits per heavy atom. The summed E-state index contributed by atoms with van der Waals surface area (Å²) in [5, 5.41) is 8.60. The molecule has 0 atom stereocenters. The lowest BCUT2D eigenvalue weighted by molar-refractivity contribution is 0.600. The lowest BCUT2D eigenvalue weighted by atomic mass is 9.96. The Labute approximate surface area is 182 Å². The van der Waals surface area contributed by atoms with Crippen LogP contribution < -0.4 is 10.5 Å². The number of hydrogen-bond acceptors (Lipinski definition) is 6. The predicted molar refractivity (Wildman–Crippen MR) is 126 cm³/mol. The molecule has 0 unspecified atom stereocenters. The maximum absolute atomic E-state index is 12.0. The Bertz CT molecular complexity index is 1170. The van der Waals surface area contributed by atoms with Gasteiger partial charge in [-0.25, -0.2) is 8.42 Å². The average molecular weight is 440 g/mol. The first kappa shape index (κ1) is 21.9. The van der Waals surface area contributed by atoms with E-state index in [-0.39, 0.29) is 4.90 Å². The van der Waals surface area contributed by atoms with Gasteiger partial charge in [0.25, 0.3) is 0 Å². The number of benzene rings is 3. The summed E-state index contributed by atoms with van der Waals surface area (Å²) in [7, 11) is -3.33. The van der Waals surface area contributed by atoms with E-state index in [1.165, 1.54) is 23.8 Å². The van der Waals surface area contributed by atoms with Crippen LogP contribution in [0.5, 0.6) is 0 Å². The van der Waals surface area contributed by atoms with Crippen molar-refractivity contribution in [2.45, 2.75) is 29.6 Å². The first-order valence-corrected chi connectivity index (χ1v) is 12.2. The Hall–Kier alpha value is -2.77. The van der Waals surface area contributed by atoms with E-state index in [0.717, 1.165) is 11.3 Å². The van der Waals surface area contributed by atoms with Crippen molar-refractivity contribution in [1.29, 1.82) is 5.41 Å². The van der Waals surface area contributed by atoms with Gasteiger partial charge in [0.1, 0.15) is 0 Å². The largest absolute Gasteiger partial charge is 0.398 e. The fourth-order valence-electron chi connectivity index (χ4n) is 2.98. The summed E-state index contributed by atoms with van der Waals surface area (Å²) < 4.78 is 27.2. The second kappa shape index (κ2) is 8.93. The highest BCUT2D eigenvalue weighted by Gasteiger charge is 2.14. The fraction of sp³-hybridized carbons (Fsp3) is 0.174. The highest BCUT2D eigenvalue weighted by atomic mass is 32.2. The molecule has 0 aromatic heterocycles. The van der Waals surface area contributed by atoms with E-state index >= 15 is 0 Å². The topological polar surface area (TPSA) is 96.0 Å². The summed E-state index contributed by atoms with van der Waals surface area (Å²) in [6, 6.07) is 20.1. The third kappa shape index (κ3) is 5.04. The van der Waals surface area contributed by atoms with Gasteiger partial charge >= 0.3 is 0 Å². The third-order valence-corrected chi connectivity index (χ3v) is 6.91. The predicted octanol–water partition coefficient (Wildman–Crippen LogP) is 5.33. The summed E-state index contributed by atoms with van der Waals surface area (Å²) in [4.78, 5) is 0.883. The molecule has 156 valence electrons. The van der Waals surface area contributed by atoms with E-state index in [1.54, 1.807) is 30.3 Å². The van der Waals surface area contributed by atoms with Crippen LogP contribution in [-0.4, -0.2) is 20.4 Å². The molecular formula is C23H25N3O2S2. The fourth-order valence-corrected chi connectivity index (χ4v) is 4.99. The monoisotopic (exact) mass is 439 g/mol. The molecule has 0 amide bonds. The number of nitrogens with two attached hydrogens (primary N) is 1. The van der Waals surface area contributed by atoms with Gasteiger partial charge < -0.3 is 10.5 Å². The van der Waals surface area contributed by atoms with Gasteiger partial charge in [-0.2, -0.15) is 0 Å². The zero-order valence-corrected chi connectivity index (χ0v) is 18.8. The summed E-state index contributed by atoms with van der Waals surface area (Å²) in [5.41, 5.74) is 10.4. The van der Waals surface area contributed by atoms with Crippen molar-refractivity contribution in [2.24, 2.45) is 0 Å². The molecule has 0 aliphatic heterocycles. The molecule has 0 fully saturated rings. The van der Waals surface area contributed by atoms with E-state index in [4.69, 9.17) is 11.1 Å². The maximum atomic E-state index is 12.0. The molecule has 30 heavy (non-hydrogen) atoms. The average Bonchev–Trinajstić information content (AvgIpc) is 2.72. The van der Waals surface area contributed by atoms with Crippen LogP contribution in [0, 0.1) is 5.41 Å². The number of nitrogen functional groups attached to an aromatic ring is 1. The molecule has 0 radical (unpaired) electrons. The van der Waals surface area contributed by atoms with Crippen molar-refractivity contribution in [1.82, 2.24) is 0 Å². The Morgan fingerprint density at radius 3 is 2.33 bits per heavy atom. The maximum Gasteiger partial charge on any atom is 0.176 e. The minimum absolute atomic E-state index is 0.274. The molecule has 0 bridgehead atoms. The van der Waals surface area contributed by atoms with Gasteiger partial charge in [0.2, 0.25) is 0 Å². The first-order valence-electron chi connectivity index (χ1n) is 9.47. The second-order valence-electron chi connectivity index (χ2n) is 7.38. The molecule has 0 aliphatic rings. The molecule has 0 saturated carbocycles. The zero-order chi connectivity index (χ0) is 21.9. The molecule has 4 N–H and O–H groups in total. The van der Waals surface area contributed by atoms with Crippen LogP contribution in [0.4, 0.5) is 11.4 Å². The molecule has 3 aromatic rings. The summed E-state index contributed by atoms with van der Waals surface area (Å²) in [5.74, 6) is 0.428. The smallest absolute Gasteiger partial charge is 0.176 e. The minimum Gasteiger partial charge on any atom is -0.398 e. The third-order valence-electron chi connectivity index (χ3n) is 4.72. The lowest BCUT2D eigenvalue weighted by Crippen LogP contribution is -2.06. The molecule has 3 aromatic carbocycles. The van der Waals surface area contributed by atoms with Gasteiger partial charge in [0, 0.05) is 33.7 Å². The molecule has 0 heterocycles. The Morgan fingerprint density at radius 1 is 1.03 bits per heavy atom. The van der Waals surface area contributed by atoms with Crippen molar-refractivity contribution >= 4 is 38.9 Å². The number of nitrogens with one attached hydrogen (secondary N) is 2. The standard InChI is InChI=1S/C23H25N3O2S2/c1-15(2)16-8-10-17(11-9-16)23(25)19-14-18(12-13-20(19)24)26-29-21-6-4-5-7-22(21)30(3,27)28/h4-15,25-26H,24H2,1-3H3. The van der Waals surface area contributed by atoms with Crippen molar-refractivity contribution in [3.05, 3.63) is 83.4 Å². The van der Waals surface area contributed by atoms with E-state index < -0.39 is 9.84 Å². The number of anilines is 2. The van der Waals surface area contributed by atoms with Gasteiger partial charge in [0.15, 0.2) is 9.84 Å². The number of sulfone groups is 1. The van der Waals surface area contributed by atoms with Gasteiger partial charge in [-0.3, -0.25) is 5.41 Å². The van der Waals surface area contributed by atoms with Crippen molar-refractivity contribution in [2.75, 3.05) is 16.7 Å². The molecule has 0 spiro atoms. The van der Waals surface area contributed by atoms with Gasteiger partial charge in [-0.05, 0) is 53.8 Å².